The van der Waals surface area contributed by atoms with E-state index in [1.165, 1.54) is 9.13 Å². The van der Waals surface area contributed by atoms with Crippen LogP contribution in [0.3, 0.4) is 0 Å². The molecule has 0 saturated carbocycles. The van der Waals surface area contributed by atoms with Crippen LogP contribution in [0.25, 0.3) is 0 Å². The van der Waals surface area contributed by atoms with E-state index in [-0.39, 0.29) is 17.3 Å². The summed E-state index contributed by atoms with van der Waals surface area (Å²) in [6.45, 7) is 7.38. The Morgan fingerprint density at radius 3 is 2.57 bits per heavy atom. The third-order valence-electron chi connectivity index (χ3n) is 5.07. The normalized spacial score (nSPS) is 38.4. The van der Waals surface area contributed by atoms with Gasteiger partial charge in [0.1, 0.15) is 0 Å². The Bertz CT molecular complexity index is 518. The minimum Gasteiger partial charge on any atom is -0.370 e. The quantitative estimate of drug-likeness (QED) is 0.465. The molecule has 0 aromatic heterocycles. The van der Waals surface area contributed by atoms with Gasteiger partial charge in [0.2, 0.25) is 0 Å². The van der Waals surface area contributed by atoms with Crippen molar-refractivity contribution in [2.75, 3.05) is 0 Å². The molecule has 2 bridgehead atoms. The lowest BCUT2D eigenvalue weighted by Gasteiger charge is -2.35. The van der Waals surface area contributed by atoms with Gasteiger partial charge >= 0.3 is 0 Å². The minimum absolute atomic E-state index is 0.0640. The summed E-state index contributed by atoms with van der Waals surface area (Å²) in [4.78, 5) is 0.438. The second-order valence-electron chi connectivity index (χ2n) is 6.83. The van der Waals surface area contributed by atoms with Crippen LogP contribution in [-0.2, 0) is 16.1 Å². The van der Waals surface area contributed by atoms with Crippen molar-refractivity contribution in [3.63, 3.8) is 0 Å². The topological polar surface area (TPSA) is 18.5 Å². The van der Waals surface area contributed by atoms with Gasteiger partial charge in [0.15, 0.2) is 0 Å². The first-order valence-corrected chi connectivity index (χ1v) is 9.55. The monoisotopic (exact) mass is 464 g/mol. The van der Waals surface area contributed by atoms with Gasteiger partial charge in [-0.15, -0.1) is 0 Å². The first kappa shape index (κ1) is 16.2. The molecule has 4 atom stereocenters. The Balaban J connectivity index is 1.69. The number of rotatable bonds is 4. The molecular weight excluding hydrogens is 443 g/mol. The first-order chi connectivity index (χ1) is 9.86. The van der Waals surface area contributed by atoms with E-state index in [1.807, 2.05) is 0 Å². The SMILES string of the molecule is CC(C)C12CC(OCc3ccc(I)cc3)C(C)(CC1Br)O2. The van der Waals surface area contributed by atoms with Crippen molar-refractivity contribution in [1.29, 1.82) is 0 Å². The van der Waals surface area contributed by atoms with Gasteiger partial charge in [0, 0.05) is 14.8 Å². The largest absolute Gasteiger partial charge is 0.370 e. The second kappa shape index (κ2) is 5.77. The molecule has 1 aromatic rings. The Kier molecular flexibility index (Phi) is 4.45. The van der Waals surface area contributed by atoms with Gasteiger partial charge in [-0.25, -0.2) is 0 Å². The molecule has 2 aliphatic rings. The molecule has 0 aliphatic carbocycles. The number of alkyl halides is 1. The molecule has 2 heterocycles. The minimum atomic E-state index is -0.151. The fourth-order valence-electron chi connectivity index (χ4n) is 3.67. The Hall–Kier alpha value is 0.350. The number of ether oxygens (including phenoxy) is 2. The van der Waals surface area contributed by atoms with E-state index in [4.69, 9.17) is 9.47 Å². The lowest BCUT2D eigenvalue weighted by molar-refractivity contribution is -0.0955. The molecule has 2 nitrogen and oxygen atoms in total. The van der Waals surface area contributed by atoms with Crippen molar-refractivity contribution in [2.24, 2.45) is 5.92 Å². The van der Waals surface area contributed by atoms with Crippen LogP contribution in [0.15, 0.2) is 24.3 Å². The van der Waals surface area contributed by atoms with Crippen molar-refractivity contribution in [3.05, 3.63) is 33.4 Å². The van der Waals surface area contributed by atoms with E-state index < -0.39 is 0 Å². The summed E-state index contributed by atoms with van der Waals surface area (Å²) in [6.07, 6.45) is 2.21. The van der Waals surface area contributed by atoms with Gasteiger partial charge in [0.05, 0.1) is 23.9 Å². The third-order valence-corrected chi connectivity index (χ3v) is 6.88. The molecule has 1 aromatic carbocycles. The average molecular weight is 465 g/mol. The first-order valence-electron chi connectivity index (χ1n) is 7.56. The summed E-state index contributed by atoms with van der Waals surface area (Å²) >= 11 is 6.16. The van der Waals surface area contributed by atoms with E-state index in [0.717, 1.165) is 12.8 Å². The second-order valence-corrected chi connectivity index (χ2v) is 9.18. The number of benzene rings is 1. The van der Waals surface area contributed by atoms with Crippen LogP contribution in [0, 0.1) is 9.49 Å². The highest BCUT2D eigenvalue weighted by atomic mass is 127. The van der Waals surface area contributed by atoms with Gasteiger partial charge in [-0.3, -0.25) is 0 Å². The van der Waals surface area contributed by atoms with Gasteiger partial charge in [0.25, 0.3) is 0 Å². The van der Waals surface area contributed by atoms with Crippen molar-refractivity contribution in [2.45, 2.75) is 62.4 Å². The molecule has 0 spiro atoms. The molecule has 2 aliphatic heterocycles. The molecule has 4 heteroatoms. The smallest absolute Gasteiger partial charge is 0.0936 e. The molecule has 2 saturated heterocycles. The van der Waals surface area contributed by atoms with Crippen LogP contribution in [0.4, 0.5) is 0 Å². The highest BCUT2D eigenvalue weighted by Gasteiger charge is 2.65. The average Bonchev–Trinajstić information content (AvgIpc) is 2.86. The molecular formula is C17H22BrIO2. The molecule has 3 rings (SSSR count). The van der Waals surface area contributed by atoms with E-state index in [0.29, 0.717) is 17.4 Å². The summed E-state index contributed by atoms with van der Waals surface area (Å²) in [5.41, 5.74) is 1.02. The maximum atomic E-state index is 6.47. The van der Waals surface area contributed by atoms with Crippen molar-refractivity contribution < 1.29 is 9.47 Å². The number of fused-ring (bicyclic) bond motifs is 2. The van der Waals surface area contributed by atoms with Crippen LogP contribution >= 0.6 is 38.5 Å². The standard InChI is InChI=1S/C17H22BrIO2/c1-11(2)17-9-15(16(3,21-17)8-14(17)18)20-10-12-4-6-13(19)7-5-12/h4-7,11,14-15H,8-10H2,1-3H3. The fraction of sp³-hybridized carbons (Fsp3) is 0.647. The zero-order chi connectivity index (χ0) is 15.3. The van der Waals surface area contributed by atoms with Crippen LogP contribution in [0.1, 0.15) is 39.2 Å². The van der Waals surface area contributed by atoms with Gasteiger partial charge in [-0.2, -0.15) is 0 Å². The van der Waals surface area contributed by atoms with Gasteiger partial charge in [-0.05, 0) is 59.5 Å². The van der Waals surface area contributed by atoms with Crippen LogP contribution < -0.4 is 0 Å². The lowest BCUT2D eigenvalue weighted by Crippen LogP contribution is -2.44. The highest BCUT2D eigenvalue weighted by molar-refractivity contribution is 14.1. The van der Waals surface area contributed by atoms with E-state index in [2.05, 4.69) is 83.6 Å². The van der Waals surface area contributed by atoms with E-state index >= 15 is 0 Å². The zero-order valence-corrected chi connectivity index (χ0v) is 16.5. The third kappa shape index (κ3) is 2.81. The molecule has 116 valence electrons. The summed E-state index contributed by atoms with van der Waals surface area (Å²) in [7, 11) is 0. The maximum Gasteiger partial charge on any atom is 0.0936 e. The Labute approximate surface area is 149 Å². The predicted molar refractivity (Wildman–Crippen MR) is 96.7 cm³/mol. The lowest BCUT2D eigenvalue weighted by atomic mass is 9.75. The summed E-state index contributed by atoms with van der Waals surface area (Å²) in [5.74, 6) is 0.496. The van der Waals surface area contributed by atoms with E-state index in [9.17, 15) is 0 Å². The number of halogens is 2. The summed E-state index contributed by atoms with van der Waals surface area (Å²) < 4.78 is 14.0. The van der Waals surface area contributed by atoms with Crippen molar-refractivity contribution >= 4 is 38.5 Å². The fourth-order valence-corrected chi connectivity index (χ4v) is 5.48. The summed E-state index contributed by atoms with van der Waals surface area (Å²) in [5, 5.41) is 0. The van der Waals surface area contributed by atoms with E-state index in [1.54, 1.807) is 0 Å². The molecule has 0 N–H and O–H groups in total. The number of hydrogen-bond acceptors (Lipinski definition) is 2. The molecule has 4 unspecified atom stereocenters. The van der Waals surface area contributed by atoms with Crippen molar-refractivity contribution in [1.82, 2.24) is 0 Å². The van der Waals surface area contributed by atoms with Crippen LogP contribution in [-0.4, -0.2) is 22.1 Å². The zero-order valence-electron chi connectivity index (χ0n) is 12.7. The van der Waals surface area contributed by atoms with Gasteiger partial charge < -0.3 is 9.47 Å². The maximum absolute atomic E-state index is 6.47. The molecule has 21 heavy (non-hydrogen) atoms. The van der Waals surface area contributed by atoms with Crippen LogP contribution in [0.2, 0.25) is 0 Å². The Morgan fingerprint density at radius 2 is 2.00 bits per heavy atom. The molecule has 0 amide bonds. The van der Waals surface area contributed by atoms with Gasteiger partial charge in [-0.1, -0.05) is 41.9 Å². The molecule has 0 radical (unpaired) electrons. The van der Waals surface area contributed by atoms with Crippen LogP contribution in [0.5, 0.6) is 0 Å². The van der Waals surface area contributed by atoms with Crippen molar-refractivity contribution in [3.8, 4) is 0 Å². The predicted octanol–water partition coefficient (Wildman–Crippen LogP) is 4.92. The highest BCUT2D eigenvalue weighted by Crippen LogP contribution is 2.57. The molecule has 2 fully saturated rings. The number of hydrogen-bond donors (Lipinski definition) is 0. The Morgan fingerprint density at radius 1 is 1.33 bits per heavy atom. The summed E-state index contributed by atoms with van der Waals surface area (Å²) in [6, 6.07) is 8.54.